The molecule has 2 aromatic rings. The van der Waals surface area contributed by atoms with Gasteiger partial charge in [0.1, 0.15) is 6.04 Å². The Balaban J connectivity index is 1.71. The van der Waals surface area contributed by atoms with Crippen LogP contribution in [-0.4, -0.2) is 52.1 Å². The van der Waals surface area contributed by atoms with Crippen LogP contribution in [0.25, 0.3) is 0 Å². The van der Waals surface area contributed by atoms with Crippen LogP contribution in [0.3, 0.4) is 0 Å². The SMILES string of the molecule is CCOC(=O)c1cc(C(=O)NNC(=O)[C@H](C)N2C(=O)c3ccccc3C2=O)c(C)nc1C. The quantitative estimate of drug-likeness (QED) is 0.408. The second-order valence-corrected chi connectivity index (χ2v) is 7.12. The van der Waals surface area contributed by atoms with Crippen LogP contribution in [0.2, 0.25) is 0 Å². The average Bonchev–Trinajstić information content (AvgIpc) is 3.01. The smallest absolute Gasteiger partial charge is 0.339 e. The molecule has 0 saturated heterocycles. The predicted molar refractivity (Wildman–Crippen MR) is 112 cm³/mol. The lowest BCUT2D eigenvalue weighted by molar-refractivity contribution is -0.125. The summed E-state index contributed by atoms with van der Waals surface area (Å²) < 4.78 is 4.97. The van der Waals surface area contributed by atoms with Crippen molar-refractivity contribution in [3.8, 4) is 0 Å². The molecule has 0 fully saturated rings. The number of rotatable bonds is 5. The molecule has 0 unspecified atom stereocenters. The molecule has 0 radical (unpaired) electrons. The fraction of sp³-hybridized carbons (Fsp3) is 0.273. The number of imide groups is 1. The standard InChI is InChI=1S/C22H22N4O6/c1-5-32-22(31)17-10-16(11(2)23-12(17)3)19(28)25-24-18(27)13(4)26-20(29)14-8-6-7-9-15(14)21(26)30/h6-10,13H,5H2,1-4H3,(H,24,27)(H,25,28)/t13-/m0/s1. The molecule has 0 spiro atoms. The lowest BCUT2D eigenvalue weighted by Gasteiger charge is -2.22. The molecule has 1 atom stereocenters. The minimum absolute atomic E-state index is 0.0623. The predicted octanol–water partition coefficient (Wildman–Crippen LogP) is 1.32. The lowest BCUT2D eigenvalue weighted by atomic mass is 10.1. The van der Waals surface area contributed by atoms with Gasteiger partial charge in [0.15, 0.2) is 0 Å². The number of esters is 1. The van der Waals surface area contributed by atoms with Gasteiger partial charge in [0.05, 0.1) is 40.2 Å². The molecule has 1 aromatic heterocycles. The molecule has 0 aliphatic carbocycles. The maximum Gasteiger partial charge on any atom is 0.339 e. The van der Waals surface area contributed by atoms with E-state index in [0.717, 1.165) is 4.90 Å². The second kappa shape index (κ2) is 8.96. The normalized spacial score (nSPS) is 13.4. The maximum absolute atomic E-state index is 12.6. The summed E-state index contributed by atoms with van der Waals surface area (Å²) in [6, 6.07) is 6.44. The van der Waals surface area contributed by atoms with E-state index in [-0.39, 0.29) is 28.9 Å². The van der Waals surface area contributed by atoms with Crippen molar-refractivity contribution in [2.75, 3.05) is 6.61 Å². The maximum atomic E-state index is 12.6. The summed E-state index contributed by atoms with van der Waals surface area (Å²) in [6.45, 7) is 6.40. The molecule has 166 valence electrons. The van der Waals surface area contributed by atoms with Crippen LogP contribution in [0.4, 0.5) is 0 Å². The topological polar surface area (TPSA) is 135 Å². The largest absolute Gasteiger partial charge is 0.462 e. The van der Waals surface area contributed by atoms with Gasteiger partial charge in [0.25, 0.3) is 23.6 Å². The number of nitrogens with zero attached hydrogens (tertiary/aromatic N) is 2. The van der Waals surface area contributed by atoms with E-state index in [0.29, 0.717) is 11.4 Å². The minimum Gasteiger partial charge on any atom is -0.462 e. The molecule has 10 heteroatoms. The molecular formula is C22H22N4O6. The van der Waals surface area contributed by atoms with Crippen molar-refractivity contribution >= 4 is 29.6 Å². The summed E-state index contributed by atoms with van der Waals surface area (Å²) in [7, 11) is 0. The molecule has 4 amide bonds. The monoisotopic (exact) mass is 438 g/mol. The fourth-order valence-corrected chi connectivity index (χ4v) is 3.34. The zero-order valence-corrected chi connectivity index (χ0v) is 18.0. The number of ether oxygens (including phenoxy) is 1. The first-order valence-corrected chi connectivity index (χ1v) is 9.89. The van der Waals surface area contributed by atoms with Gasteiger partial charge in [-0.1, -0.05) is 12.1 Å². The zero-order chi connectivity index (χ0) is 23.6. The Bertz CT molecular complexity index is 1110. The highest BCUT2D eigenvalue weighted by Gasteiger charge is 2.40. The third-order valence-electron chi connectivity index (χ3n) is 5.04. The molecule has 1 aliphatic heterocycles. The molecule has 10 nitrogen and oxygen atoms in total. The Kier molecular flexibility index (Phi) is 6.33. The molecule has 2 heterocycles. The minimum atomic E-state index is -1.17. The number of hydrogen-bond donors (Lipinski definition) is 2. The highest BCUT2D eigenvalue weighted by Crippen LogP contribution is 2.24. The van der Waals surface area contributed by atoms with Gasteiger partial charge in [0, 0.05) is 0 Å². The summed E-state index contributed by atoms with van der Waals surface area (Å²) in [5.41, 5.74) is 5.82. The molecule has 32 heavy (non-hydrogen) atoms. The Morgan fingerprint density at radius 3 is 2.12 bits per heavy atom. The van der Waals surface area contributed by atoms with Crippen molar-refractivity contribution in [1.82, 2.24) is 20.7 Å². The van der Waals surface area contributed by atoms with E-state index in [4.69, 9.17) is 4.74 Å². The third-order valence-corrected chi connectivity index (χ3v) is 5.04. The number of hydrazine groups is 1. The highest BCUT2D eigenvalue weighted by atomic mass is 16.5. The van der Waals surface area contributed by atoms with Crippen LogP contribution in [-0.2, 0) is 9.53 Å². The highest BCUT2D eigenvalue weighted by molar-refractivity contribution is 6.22. The van der Waals surface area contributed by atoms with Gasteiger partial charge in [-0.15, -0.1) is 0 Å². The number of benzene rings is 1. The van der Waals surface area contributed by atoms with Crippen molar-refractivity contribution in [2.45, 2.75) is 33.7 Å². The zero-order valence-electron chi connectivity index (χ0n) is 18.0. The van der Waals surface area contributed by atoms with Gasteiger partial charge in [0.2, 0.25) is 0 Å². The Labute approximate surface area is 183 Å². The van der Waals surface area contributed by atoms with Gasteiger partial charge in [-0.2, -0.15) is 0 Å². The molecule has 1 aliphatic rings. The third kappa shape index (κ3) is 4.07. The molecular weight excluding hydrogens is 416 g/mol. The first-order valence-electron chi connectivity index (χ1n) is 9.89. The number of aryl methyl sites for hydroxylation is 2. The van der Waals surface area contributed by atoms with Crippen molar-refractivity contribution in [2.24, 2.45) is 0 Å². The van der Waals surface area contributed by atoms with Crippen LogP contribution >= 0.6 is 0 Å². The van der Waals surface area contributed by atoms with Crippen molar-refractivity contribution < 1.29 is 28.7 Å². The Morgan fingerprint density at radius 1 is 1.00 bits per heavy atom. The first kappa shape index (κ1) is 22.6. The number of carbonyl (C=O) groups is 5. The molecule has 2 N–H and O–H groups in total. The van der Waals surface area contributed by atoms with E-state index in [1.165, 1.54) is 25.1 Å². The summed E-state index contributed by atoms with van der Waals surface area (Å²) in [4.78, 5) is 67.3. The van der Waals surface area contributed by atoms with Gasteiger partial charge >= 0.3 is 5.97 Å². The fourth-order valence-electron chi connectivity index (χ4n) is 3.34. The van der Waals surface area contributed by atoms with E-state index in [2.05, 4.69) is 15.8 Å². The summed E-state index contributed by atoms with van der Waals surface area (Å²) >= 11 is 0. The van der Waals surface area contributed by atoms with Crippen LogP contribution in [0.5, 0.6) is 0 Å². The van der Waals surface area contributed by atoms with Crippen molar-refractivity contribution in [3.05, 3.63) is 64.0 Å². The number of amides is 4. The Morgan fingerprint density at radius 2 is 1.56 bits per heavy atom. The average molecular weight is 438 g/mol. The lowest BCUT2D eigenvalue weighted by Crippen LogP contribution is -2.52. The van der Waals surface area contributed by atoms with E-state index in [1.54, 1.807) is 32.9 Å². The molecule has 3 rings (SSSR count). The second-order valence-electron chi connectivity index (χ2n) is 7.12. The van der Waals surface area contributed by atoms with Gasteiger partial charge in [-0.05, 0) is 45.9 Å². The summed E-state index contributed by atoms with van der Waals surface area (Å²) in [6.07, 6.45) is 0. The number of nitrogens with one attached hydrogen (secondary N) is 2. The van der Waals surface area contributed by atoms with Crippen molar-refractivity contribution in [3.63, 3.8) is 0 Å². The van der Waals surface area contributed by atoms with Crippen LogP contribution < -0.4 is 10.9 Å². The number of hydrogen-bond acceptors (Lipinski definition) is 7. The Hall–Kier alpha value is -4.08. The summed E-state index contributed by atoms with van der Waals surface area (Å²) in [5.74, 6) is -3.27. The van der Waals surface area contributed by atoms with Gasteiger partial charge in [-0.25, -0.2) is 4.79 Å². The van der Waals surface area contributed by atoms with Gasteiger partial charge in [-0.3, -0.25) is 39.9 Å². The molecule has 1 aromatic carbocycles. The number of fused-ring (bicyclic) bond motifs is 1. The summed E-state index contributed by atoms with van der Waals surface area (Å²) in [5, 5.41) is 0. The molecule has 0 bridgehead atoms. The van der Waals surface area contributed by atoms with E-state index in [9.17, 15) is 24.0 Å². The molecule has 0 saturated carbocycles. The van der Waals surface area contributed by atoms with Gasteiger partial charge < -0.3 is 4.74 Å². The van der Waals surface area contributed by atoms with E-state index in [1.807, 2.05) is 0 Å². The van der Waals surface area contributed by atoms with Crippen LogP contribution in [0, 0.1) is 13.8 Å². The first-order chi connectivity index (χ1) is 15.2. The number of aromatic nitrogens is 1. The van der Waals surface area contributed by atoms with E-state index < -0.39 is 35.6 Å². The number of pyridine rings is 1. The number of carbonyl (C=O) groups excluding carboxylic acids is 5. The van der Waals surface area contributed by atoms with E-state index >= 15 is 0 Å². The van der Waals surface area contributed by atoms with Crippen molar-refractivity contribution in [1.29, 1.82) is 0 Å². The van der Waals surface area contributed by atoms with Crippen LogP contribution in [0.15, 0.2) is 30.3 Å². The van der Waals surface area contributed by atoms with Crippen LogP contribution in [0.1, 0.15) is 66.7 Å².